The topological polar surface area (TPSA) is 29.1 Å². The molecule has 1 aromatic carbocycles. The predicted octanol–water partition coefficient (Wildman–Crippen LogP) is 4.21. The van der Waals surface area contributed by atoms with Gasteiger partial charge in [0.15, 0.2) is 0 Å². The molecule has 0 spiro atoms. The molecule has 1 N–H and O–H groups in total. The lowest BCUT2D eigenvalue weighted by molar-refractivity contribution is 0.0950. The molecule has 4 heteroatoms. The Morgan fingerprint density at radius 1 is 1.26 bits per heavy atom. The zero-order valence-corrected chi connectivity index (χ0v) is 14.2. The summed E-state index contributed by atoms with van der Waals surface area (Å²) in [7, 11) is 0. The summed E-state index contributed by atoms with van der Waals surface area (Å²) in [6.07, 6.45) is 0. The molecule has 100 valence electrons. The van der Waals surface area contributed by atoms with Crippen molar-refractivity contribution in [2.75, 3.05) is 0 Å². The predicted molar refractivity (Wildman–Crippen MR) is 88.9 cm³/mol. The van der Waals surface area contributed by atoms with Crippen molar-refractivity contribution in [2.45, 2.75) is 27.3 Å². The van der Waals surface area contributed by atoms with E-state index in [0.717, 1.165) is 14.7 Å². The Balaban J connectivity index is 2.07. The van der Waals surface area contributed by atoms with Gasteiger partial charge < -0.3 is 5.32 Å². The zero-order valence-electron chi connectivity index (χ0n) is 11.2. The summed E-state index contributed by atoms with van der Waals surface area (Å²) in [4.78, 5) is 14.7. The molecule has 0 aliphatic heterocycles. The van der Waals surface area contributed by atoms with Gasteiger partial charge in [0.1, 0.15) is 0 Å². The summed E-state index contributed by atoms with van der Waals surface area (Å²) < 4.78 is 1.02. The van der Waals surface area contributed by atoms with Crippen LogP contribution in [0.3, 0.4) is 0 Å². The maximum atomic E-state index is 12.2. The van der Waals surface area contributed by atoms with Gasteiger partial charge in [-0.05, 0) is 66.6 Å². The van der Waals surface area contributed by atoms with Gasteiger partial charge in [-0.1, -0.05) is 12.1 Å². The number of amides is 1. The van der Waals surface area contributed by atoms with Crippen LogP contribution in [0.4, 0.5) is 0 Å². The fourth-order valence-corrected chi connectivity index (χ4v) is 3.42. The van der Waals surface area contributed by atoms with E-state index in [-0.39, 0.29) is 5.91 Å². The van der Waals surface area contributed by atoms with Gasteiger partial charge in [0.25, 0.3) is 5.91 Å². The Bertz CT molecular complexity index is 599. The van der Waals surface area contributed by atoms with Crippen molar-refractivity contribution in [1.82, 2.24) is 5.32 Å². The van der Waals surface area contributed by atoms with Gasteiger partial charge in [-0.3, -0.25) is 4.79 Å². The van der Waals surface area contributed by atoms with Crippen molar-refractivity contribution < 1.29 is 4.79 Å². The summed E-state index contributed by atoms with van der Waals surface area (Å²) in [6.45, 7) is 6.82. The Morgan fingerprint density at radius 3 is 2.63 bits per heavy atom. The molecular weight excluding hydrogens is 369 g/mol. The molecule has 19 heavy (non-hydrogen) atoms. The Labute approximate surface area is 131 Å². The highest BCUT2D eigenvalue weighted by Crippen LogP contribution is 2.21. The van der Waals surface area contributed by atoms with E-state index in [2.05, 4.69) is 47.8 Å². The lowest BCUT2D eigenvalue weighted by atomic mass is 10.1. The van der Waals surface area contributed by atoms with Crippen LogP contribution in [0.2, 0.25) is 0 Å². The first-order valence-electron chi connectivity index (χ1n) is 6.08. The third-order valence-corrected chi connectivity index (χ3v) is 5.66. The molecule has 0 saturated carbocycles. The fraction of sp³-hybridized carbons (Fsp3) is 0.267. The van der Waals surface area contributed by atoms with E-state index >= 15 is 0 Å². The van der Waals surface area contributed by atoms with E-state index in [1.165, 1.54) is 15.3 Å². The molecule has 1 aromatic heterocycles. The van der Waals surface area contributed by atoms with Gasteiger partial charge in [-0.2, -0.15) is 0 Å². The van der Waals surface area contributed by atoms with Crippen LogP contribution in [-0.2, 0) is 6.54 Å². The lowest BCUT2D eigenvalue weighted by Gasteiger charge is -2.07. The van der Waals surface area contributed by atoms with Crippen molar-refractivity contribution >= 4 is 39.8 Å². The Hall–Kier alpha value is -0.880. The minimum atomic E-state index is -0.00296. The minimum Gasteiger partial charge on any atom is -0.347 e. The van der Waals surface area contributed by atoms with Gasteiger partial charge in [0, 0.05) is 13.3 Å². The van der Waals surface area contributed by atoms with E-state index in [0.29, 0.717) is 6.54 Å². The molecule has 0 unspecified atom stereocenters. The highest BCUT2D eigenvalue weighted by atomic mass is 127. The van der Waals surface area contributed by atoms with Crippen LogP contribution < -0.4 is 5.32 Å². The van der Waals surface area contributed by atoms with E-state index < -0.39 is 0 Å². The summed E-state index contributed by atoms with van der Waals surface area (Å²) >= 11 is 3.97. The minimum absolute atomic E-state index is 0.00296. The molecule has 2 rings (SSSR count). The van der Waals surface area contributed by atoms with E-state index in [1.807, 2.05) is 25.1 Å². The van der Waals surface area contributed by atoms with Gasteiger partial charge in [0.2, 0.25) is 0 Å². The van der Waals surface area contributed by atoms with Gasteiger partial charge in [-0.15, -0.1) is 11.3 Å². The number of halogens is 1. The molecule has 1 heterocycles. The number of aryl methyl sites for hydroxylation is 3. The van der Waals surface area contributed by atoms with Crippen molar-refractivity contribution in [3.05, 3.63) is 54.3 Å². The molecule has 0 aliphatic carbocycles. The Kier molecular flexibility index (Phi) is 4.62. The number of hydrogen-bond acceptors (Lipinski definition) is 2. The smallest absolute Gasteiger partial charge is 0.252 e. The van der Waals surface area contributed by atoms with Crippen molar-refractivity contribution in [1.29, 1.82) is 0 Å². The van der Waals surface area contributed by atoms with Gasteiger partial charge in [-0.25, -0.2) is 0 Å². The van der Waals surface area contributed by atoms with Crippen molar-refractivity contribution in [2.24, 2.45) is 0 Å². The molecule has 0 bridgehead atoms. The molecule has 2 nitrogen and oxygen atoms in total. The standard InChI is InChI=1S/C15H16INOS/c1-9-5-4-6-13(14(9)16)15(18)17-8-12-7-10(2)11(3)19-12/h4-7H,8H2,1-3H3,(H,17,18). The van der Waals surface area contributed by atoms with Gasteiger partial charge >= 0.3 is 0 Å². The molecule has 2 aromatic rings. The normalized spacial score (nSPS) is 10.5. The van der Waals surface area contributed by atoms with Gasteiger partial charge in [0.05, 0.1) is 12.1 Å². The summed E-state index contributed by atoms with van der Waals surface area (Å²) in [5, 5.41) is 2.99. The van der Waals surface area contributed by atoms with Crippen LogP contribution in [0.5, 0.6) is 0 Å². The number of nitrogens with one attached hydrogen (secondary N) is 1. The first-order chi connectivity index (χ1) is 8.99. The first kappa shape index (κ1) is 14.5. The van der Waals surface area contributed by atoms with E-state index in [4.69, 9.17) is 0 Å². The van der Waals surface area contributed by atoms with Crippen LogP contribution in [-0.4, -0.2) is 5.91 Å². The highest BCUT2D eigenvalue weighted by Gasteiger charge is 2.11. The fourth-order valence-electron chi connectivity index (χ4n) is 1.82. The van der Waals surface area contributed by atoms with Crippen LogP contribution in [0.25, 0.3) is 0 Å². The molecule has 0 saturated heterocycles. The average Bonchev–Trinajstić information content (AvgIpc) is 2.69. The van der Waals surface area contributed by atoms with Crippen LogP contribution >= 0.6 is 33.9 Å². The second-order valence-electron chi connectivity index (χ2n) is 4.57. The zero-order chi connectivity index (χ0) is 14.0. The number of carbonyl (C=O) groups excluding carboxylic acids is 1. The number of thiophene rings is 1. The van der Waals surface area contributed by atoms with Crippen molar-refractivity contribution in [3.8, 4) is 0 Å². The summed E-state index contributed by atoms with van der Waals surface area (Å²) in [5.41, 5.74) is 3.18. The summed E-state index contributed by atoms with van der Waals surface area (Å²) in [6, 6.07) is 7.95. The second kappa shape index (κ2) is 6.05. The largest absolute Gasteiger partial charge is 0.347 e. The maximum Gasteiger partial charge on any atom is 0.252 e. The second-order valence-corrected chi connectivity index (χ2v) is 6.99. The molecular formula is C15H16INOS. The van der Waals surface area contributed by atoms with Crippen molar-refractivity contribution in [3.63, 3.8) is 0 Å². The quantitative estimate of drug-likeness (QED) is 0.789. The maximum absolute atomic E-state index is 12.2. The third kappa shape index (κ3) is 3.36. The molecule has 0 atom stereocenters. The number of rotatable bonds is 3. The monoisotopic (exact) mass is 385 g/mol. The average molecular weight is 385 g/mol. The summed E-state index contributed by atoms with van der Waals surface area (Å²) in [5.74, 6) is -0.00296. The number of hydrogen-bond donors (Lipinski definition) is 1. The van der Waals surface area contributed by atoms with Crippen LogP contribution in [0, 0.1) is 24.3 Å². The SMILES string of the molecule is Cc1cc(CNC(=O)c2cccc(C)c2I)sc1C. The molecule has 0 aliphatic rings. The van der Waals surface area contributed by atoms with Crippen LogP contribution in [0.15, 0.2) is 24.3 Å². The van der Waals surface area contributed by atoms with E-state index in [1.54, 1.807) is 11.3 Å². The first-order valence-corrected chi connectivity index (χ1v) is 7.98. The highest BCUT2D eigenvalue weighted by molar-refractivity contribution is 14.1. The van der Waals surface area contributed by atoms with E-state index in [9.17, 15) is 4.79 Å². The molecule has 0 radical (unpaired) electrons. The molecule has 0 fully saturated rings. The Morgan fingerprint density at radius 2 is 2.00 bits per heavy atom. The van der Waals surface area contributed by atoms with Crippen LogP contribution in [0.1, 0.15) is 31.2 Å². The lowest BCUT2D eigenvalue weighted by Crippen LogP contribution is -2.23. The number of benzene rings is 1. The number of carbonyl (C=O) groups is 1. The third-order valence-electron chi connectivity index (χ3n) is 3.08. The molecule has 1 amide bonds.